The predicted molar refractivity (Wildman–Crippen MR) is 104 cm³/mol. The number of hydrogen-bond donors (Lipinski definition) is 0. The first-order valence-corrected chi connectivity index (χ1v) is 8.70. The van der Waals surface area contributed by atoms with E-state index in [-0.39, 0.29) is 0 Å². The van der Waals surface area contributed by atoms with E-state index in [2.05, 4.69) is 17.2 Å². The zero-order valence-corrected chi connectivity index (χ0v) is 15.9. The van der Waals surface area contributed by atoms with E-state index in [0.29, 0.717) is 17.5 Å². The largest absolute Gasteiger partial charge is 0.465 e. The van der Waals surface area contributed by atoms with Crippen molar-refractivity contribution in [1.82, 2.24) is 9.78 Å². The molecule has 0 amide bonds. The molecule has 0 fully saturated rings. The Morgan fingerprint density at radius 3 is 2.41 bits per heavy atom. The molecule has 2 aromatic carbocycles. The minimum absolute atomic E-state index is 0.315. The van der Waals surface area contributed by atoms with Crippen LogP contribution in [0.3, 0.4) is 0 Å². The molecule has 27 heavy (non-hydrogen) atoms. The quantitative estimate of drug-likeness (QED) is 0.510. The summed E-state index contributed by atoms with van der Waals surface area (Å²) >= 11 is 0. The molecule has 0 saturated heterocycles. The van der Waals surface area contributed by atoms with Crippen LogP contribution in [0.15, 0.2) is 42.6 Å². The van der Waals surface area contributed by atoms with E-state index in [4.69, 9.17) is 4.74 Å². The molecular weight excluding hydrogens is 340 g/mol. The van der Waals surface area contributed by atoms with E-state index >= 15 is 0 Å². The van der Waals surface area contributed by atoms with Gasteiger partial charge in [0.2, 0.25) is 0 Å². The number of aryl methyl sites for hydroxylation is 1. The molecule has 138 valence electrons. The second-order valence-corrected chi connectivity index (χ2v) is 6.60. The van der Waals surface area contributed by atoms with Crippen LogP contribution in [-0.4, -0.2) is 29.1 Å². The summed E-state index contributed by atoms with van der Waals surface area (Å²) in [5.41, 5.74) is 6.64. The van der Waals surface area contributed by atoms with Gasteiger partial charge in [0.25, 0.3) is 0 Å². The first-order chi connectivity index (χ1) is 12.9. The van der Waals surface area contributed by atoms with Gasteiger partial charge < -0.3 is 4.74 Å². The molecule has 0 aliphatic heterocycles. The fraction of sp³-hybridized carbons (Fsp3) is 0.227. The molecule has 0 atom stereocenters. The highest BCUT2D eigenvalue weighted by atomic mass is 16.5. The van der Waals surface area contributed by atoms with Crippen molar-refractivity contribution in [3.05, 3.63) is 76.0 Å². The van der Waals surface area contributed by atoms with Crippen molar-refractivity contribution in [2.24, 2.45) is 7.05 Å². The highest BCUT2D eigenvalue weighted by molar-refractivity contribution is 5.99. The molecule has 0 unspecified atom stereocenters. The van der Waals surface area contributed by atoms with Gasteiger partial charge in [0.15, 0.2) is 6.29 Å². The van der Waals surface area contributed by atoms with Crippen molar-refractivity contribution in [1.29, 1.82) is 0 Å². The van der Waals surface area contributed by atoms with E-state index < -0.39 is 5.97 Å². The third-order valence-electron chi connectivity index (χ3n) is 4.94. The Kier molecular flexibility index (Phi) is 5.21. The van der Waals surface area contributed by atoms with Crippen LogP contribution in [0.2, 0.25) is 0 Å². The van der Waals surface area contributed by atoms with Crippen molar-refractivity contribution in [3.8, 4) is 11.3 Å². The number of carbonyl (C=O) groups is 2. The number of ether oxygens (including phenoxy) is 1. The Bertz CT molecular complexity index is 1000. The van der Waals surface area contributed by atoms with Crippen LogP contribution in [0, 0.1) is 13.8 Å². The fourth-order valence-corrected chi connectivity index (χ4v) is 3.20. The summed E-state index contributed by atoms with van der Waals surface area (Å²) in [7, 11) is 3.22. The second kappa shape index (κ2) is 7.58. The summed E-state index contributed by atoms with van der Waals surface area (Å²) in [6, 6.07) is 11.9. The maximum absolute atomic E-state index is 12.1. The monoisotopic (exact) mass is 362 g/mol. The molecule has 3 rings (SSSR count). The molecule has 0 aliphatic carbocycles. The average molecular weight is 362 g/mol. The van der Waals surface area contributed by atoms with Crippen molar-refractivity contribution < 1.29 is 14.3 Å². The maximum atomic E-state index is 12.1. The molecule has 5 nitrogen and oxygen atoms in total. The number of hydrogen-bond acceptors (Lipinski definition) is 4. The number of aromatic nitrogens is 2. The van der Waals surface area contributed by atoms with Crippen LogP contribution in [0.25, 0.3) is 11.3 Å². The van der Waals surface area contributed by atoms with Gasteiger partial charge in [0.1, 0.15) is 0 Å². The minimum Gasteiger partial charge on any atom is -0.465 e. The molecule has 0 radical (unpaired) electrons. The SMILES string of the molecule is COC(=O)c1cc(Cc2ccc(-c3ccn(C)n3)cc2)c(C)c(C)c1C=O. The Labute approximate surface area is 158 Å². The van der Waals surface area contributed by atoms with E-state index in [1.54, 1.807) is 10.7 Å². The fourth-order valence-electron chi connectivity index (χ4n) is 3.20. The van der Waals surface area contributed by atoms with Crippen LogP contribution in [0.1, 0.15) is 43.0 Å². The average Bonchev–Trinajstić information content (AvgIpc) is 3.11. The lowest BCUT2D eigenvalue weighted by Gasteiger charge is -2.15. The third-order valence-corrected chi connectivity index (χ3v) is 4.94. The molecule has 1 heterocycles. The minimum atomic E-state index is -0.494. The summed E-state index contributed by atoms with van der Waals surface area (Å²) in [6.45, 7) is 3.83. The predicted octanol–water partition coefficient (Wildman–Crippen LogP) is 3.89. The lowest BCUT2D eigenvalue weighted by Crippen LogP contribution is -2.10. The molecule has 0 bridgehead atoms. The van der Waals surface area contributed by atoms with Gasteiger partial charge >= 0.3 is 5.97 Å². The second-order valence-electron chi connectivity index (χ2n) is 6.60. The number of rotatable bonds is 5. The Hall–Kier alpha value is -3.21. The summed E-state index contributed by atoms with van der Waals surface area (Å²) in [6.07, 6.45) is 3.30. The molecule has 0 N–H and O–H groups in total. The number of methoxy groups -OCH3 is 1. The number of esters is 1. The zero-order valence-electron chi connectivity index (χ0n) is 15.9. The molecule has 5 heteroatoms. The lowest BCUT2D eigenvalue weighted by molar-refractivity contribution is 0.0598. The van der Waals surface area contributed by atoms with Gasteiger partial charge in [-0.05, 0) is 54.7 Å². The number of benzene rings is 2. The molecule has 0 spiro atoms. The Morgan fingerprint density at radius 1 is 1.15 bits per heavy atom. The summed E-state index contributed by atoms with van der Waals surface area (Å²) < 4.78 is 6.61. The Balaban J connectivity index is 1.94. The molecule has 0 aliphatic rings. The normalized spacial score (nSPS) is 10.7. The molecule has 0 saturated carbocycles. The van der Waals surface area contributed by atoms with Gasteiger partial charge in [-0.15, -0.1) is 0 Å². The van der Waals surface area contributed by atoms with Crippen molar-refractivity contribution in [2.45, 2.75) is 20.3 Å². The van der Waals surface area contributed by atoms with Crippen molar-refractivity contribution in [2.75, 3.05) is 7.11 Å². The van der Waals surface area contributed by atoms with Gasteiger partial charge in [-0.2, -0.15) is 5.10 Å². The number of aldehydes is 1. The van der Waals surface area contributed by atoms with Gasteiger partial charge in [-0.25, -0.2) is 4.79 Å². The van der Waals surface area contributed by atoms with E-state index in [9.17, 15) is 9.59 Å². The van der Waals surface area contributed by atoms with E-state index in [1.807, 2.05) is 45.3 Å². The zero-order chi connectivity index (χ0) is 19.6. The number of carbonyl (C=O) groups excluding carboxylic acids is 2. The summed E-state index contributed by atoms with van der Waals surface area (Å²) in [5.74, 6) is -0.494. The van der Waals surface area contributed by atoms with Crippen LogP contribution in [-0.2, 0) is 18.2 Å². The van der Waals surface area contributed by atoms with E-state index in [0.717, 1.165) is 39.8 Å². The van der Waals surface area contributed by atoms with Crippen LogP contribution < -0.4 is 0 Å². The maximum Gasteiger partial charge on any atom is 0.338 e. The first-order valence-electron chi connectivity index (χ1n) is 8.70. The van der Waals surface area contributed by atoms with Crippen molar-refractivity contribution in [3.63, 3.8) is 0 Å². The molecule has 3 aromatic rings. The van der Waals surface area contributed by atoms with Crippen LogP contribution in [0.4, 0.5) is 0 Å². The summed E-state index contributed by atoms with van der Waals surface area (Å²) in [5, 5.41) is 4.41. The highest BCUT2D eigenvalue weighted by Crippen LogP contribution is 2.25. The molecule has 1 aromatic heterocycles. The summed E-state index contributed by atoms with van der Waals surface area (Å²) in [4.78, 5) is 23.5. The lowest BCUT2D eigenvalue weighted by atomic mass is 9.90. The number of nitrogens with zero attached hydrogens (tertiary/aromatic N) is 2. The van der Waals surface area contributed by atoms with Crippen LogP contribution >= 0.6 is 0 Å². The van der Waals surface area contributed by atoms with Gasteiger partial charge in [0.05, 0.1) is 18.4 Å². The van der Waals surface area contributed by atoms with Gasteiger partial charge in [0, 0.05) is 24.4 Å². The third kappa shape index (κ3) is 3.67. The van der Waals surface area contributed by atoms with Crippen LogP contribution in [0.5, 0.6) is 0 Å². The highest BCUT2D eigenvalue weighted by Gasteiger charge is 2.18. The first kappa shape index (κ1) is 18.6. The smallest absolute Gasteiger partial charge is 0.338 e. The van der Waals surface area contributed by atoms with Crippen molar-refractivity contribution >= 4 is 12.3 Å². The van der Waals surface area contributed by atoms with Gasteiger partial charge in [-0.1, -0.05) is 24.3 Å². The van der Waals surface area contributed by atoms with Gasteiger partial charge in [-0.3, -0.25) is 9.48 Å². The standard InChI is InChI=1S/C22H22N2O3/c1-14-15(2)20(13-25)19(22(26)27-4)12-18(14)11-16-5-7-17(8-6-16)21-9-10-24(3)23-21/h5-10,12-13H,11H2,1-4H3. The topological polar surface area (TPSA) is 61.2 Å². The molecular formula is C22H22N2O3. The van der Waals surface area contributed by atoms with E-state index in [1.165, 1.54) is 7.11 Å². The Morgan fingerprint density at radius 2 is 1.85 bits per heavy atom.